The molecule has 0 saturated carbocycles. The number of nitrogens with zero attached hydrogens (tertiary/aromatic N) is 3. The van der Waals surface area contributed by atoms with Crippen molar-refractivity contribution in [2.75, 3.05) is 0 Å². The molecule has 0 radical (unpaired) electrons. The molecule has 0 fully saturated rings. The normalized spacial score (nSPS) is 11.8. The lowest BCUT2D eigenvalue weighted by molar-refractivity contribution is 0.0369. The summed E-state index contributed by atoms with van der Waals surface area (Å²) < 4.78 is 34.2. The highest BCUT2D eigenvalue weighted by molar-refractivity contribution is 5.90. The lowest BCUT2D eigenvalue weighted by Gasteiger charge is -2.18. The monoisotopic (exact) mass is 405 g/mol. The Hall–Kier alpha value is -3.87. The molecule has 2 aromatic carbocycles. The molecule has 0 N–H and O–H groups in total. The maximum Gasteiger partial charge on any atom is 0.342 e. The van der Waals surface area contributed by atoms with Crippen molar-refractivity contribution < 1.29 is 18.3 Å². The summed E-state index contributed by atoms with van der Waals surface area (Å²) in [7, 11) is 0. The molecule has 5 nitrogen and oxygen atoms in total. The first kappa shape index (κ1) is 19.4. The van der Waals surface area contributed by atoms with Gasteiger partial charge in [-0.3, -0.25) is 4.98 Å². The zero-order valence-electron chi connectivity index (χ0n) is 16.0. The maximum atomic E-state index is 13.8. The van der Waals surface area contributed by atoms with Gasteiger partial charge in [0.15, 0.2) is 6.10 Å². The van der Waals surface area contributed by atoms with Gasteiger partial charge in [0.1, 0.15) is 17.2 Å². The summed E-state index contributed by atoms with van der Waals surface area (Å²) in [5.74, 6) is -1.43. The van der Waals surface area contributed by atoms with E-state index in [4.69, 9.17) is 4.74 Å². The van der Waals surface area contributed by atoms with E-state index in [-0.39, 0.29) is 11.4 Å². The molecular weight excluding hydrogens is 388 g/mol. The predicted molar refractivity (Wildman–Crippen MR) is 106 cm³/mol. The number of aromatic nitrogens is 3. The summed E-state index contributed by atoms with van der Waals surface area (Å²) in [4.78, 5) is 17.2. The van der Waals surface area contributed by atoms with Crippen LogP contribution in [0.5, 0.6) is 0 Å². The molecule has 0 spiro atoms. The van der Waals surface area contributed by atoms with Crippen molar-refractivity contribution in [1.82, 2.24) is 14.8 Å². The van der Waals surface area contributed by atoms with Crippen molar-refractivity contribution in [3.8, 4) is 5.69 Å². The van der Waals surface area contributed by atoms with E-state index in [0.717, 1.165) is 0 Å². The van der Waals surface area contributed by atoms with Gasteiger partial charge in [-0.1, -0.05) is 18.2 Å². The molecular formula is C23H17F2N3O2. The second-order valence-electron chi connectivity index (χ2n) is 6.63. The van der Waals surface area contributed by atoms with Crippen LogP contribution in [0.2, 0.25) is 0 Å². The zero-order chi connectivity index (χ0) is 21.1. The van der Waals surface area contributed by atoms with E-state index in [1.807, 2.05) is 0 Å². The Balaban J connectivity index is 1.66. The van der Waals surface area contributed by atoms with E-state index in [0.29, 0.717) is 22.6 Å². The van der Waals surface area contributed by atoms with Gasteiger partial charge in [0, 0.05) is 11.8 Å². The molecule has 0 aliphatic rings. The van der Waals surface area contributed by atoms with Crippen LogP contribution in [0.15, 0.2) is 79.1 Å². The molecule has 1 unspecified atom stereocenters. The van der Waals surface area contributed by atoms with E-state index >= 15 is 0 Å². The number of carbonyl (C=O) groups excluding carboxylic acids is 1. The third kappa shape index (κ3) is 3.96. The van der Waals surface area contributed by atoms with Gasteiger partial charge in [0.2, 0.25) is 0 Å². The number of rotatable bonds is 5. The van der Waals surface area contributed by atoms with Gasteiger partial charge >= 0.3 is 5.97 Å². The fourth-order valence-electron chi connectivity index (χ4n) is 3.12. The van der Waals surface area contributed by atoms with Crippen molar-refractivity contribution in [2.24, 2.45) is 0 Å². The first-order valence-corrected chi connectivity index (χ1v) is 9.21. The molecule has 0 bridgehead atoms. The standard InChI is InChI=1S/C23H17F2N3O2/c1-15-20(14-27-28(15)19-10-8-17(24)9-11-19)23(29)30-22(21-7-2-3-12-26-21)16-5-4-6-18(25)13-16/h2-14,22H,1H3. The Morgan fingerprint density at radius 3 is 2.50 bits per heavy atom. The first-order valence-electron chi connectivity index (χ1n) is 9.21. The van der Waals surface area contributed by atoms with Gasteiger partial charge in [-0.2, -0.15) is 5.10 Å². The van der Waals surface area contributed by atoms with E-state index in [1.165, 1.54) is 35.1 Å². The van der Waals surface area contributed by atoms with Gasteiger partial charge in [0.05, 0.1) is 23.3 Å². The Kier molecular flexibility index (Phi) is 5.34. The second kappa shape index (κ2) is 8.24. The molecule has 1 atom stereocenters. The van der Waals surface area contributed by atoms with Crippen LogP contribution in [0.1, 0.15) is 33.4 Å². The fraction of sp³-hybridized carbons (Fsp3) is 0.0870. The van der Waals surface area contributed by atoms with Gasteiger partial charge < -0.3 is 4.74 Å². The number of esters is 1. The average molecular weight is 405 g/mol. The van der Waals surface area contributed by atoms with Gasteiger partial charge in [-0.25, -0.2) is 18.3 Å². The van der Waals surface area contributed by atoms with Crippen molar-refractivity contribution >= 4 is 5.97 Å². The molecule has 0 aliphatic heterocycles. The van der Waals surface area contributed by atoms with Crippen LogP contribution >= 0.6 is 0 Å². The molecule has 2 heterocycles. The number of pyridine rings is 1. The third-order valence-corrected chi connectivity index (χ3v) is 4.63. The SMILES string of the molecule is Cc1c(C(=O)OC(c2cccc(F)c2)c2ccccn2)cnn1-c1ccc(F)cc1. The zero-order valence-corrected chi connectivity index (χ0v) is 16.0. The average Bonchev–Trinajstić information content (AvgIpc) is 3.14. The van der Waals surface area contributed by atoms with E-state index in [2.05, 4.69) is 10.1 Å². The molecule has 30 heavy (non-hydrogen) atoms. The highest BCUT2D eigenvalue weighted by Gasteiger charge is 2.24. The summed E-state index contributed by atoms with van der Waals surface area (Å²) in [5.41, 5.74) is 2.33. The maximum absolute atomic E-state index is 13.8. The molecule has 7 heteroatoms. The van der Waals surface area contributed by atoms with Crippen LogP contribution in [0.3, 0.4) is 0 Å². The minimum Gasteiger partial charge on any atom is -0.447 e. The van der Waals surface area contributed by atoms with Crippen molar-refractivity contribution in [3.63, 3.8) is 0 Å². The van der Waals surface area contributed by atoms with Crippen molar-refractivity contribution in [1.29, 1.82) is 0 Å². The van der Waals surface area contributed by atoms with Gasteiger partial charge in [0.25, 0.3) is 0 Å². The topological polar surface area (TPSA) is 57.0 Å². The Labute approximate surface area is 171 Å². The summed E-state index contributed by atoms with van der Waals surface area (Å²) >= 11 is 0. The molecule has 0 saturated heterocycles. The minimum absolute atomic E-state index is 0.247. The summed E-state index contributed by atoms with van der Waals surface area (Å²) in [5, 5.41) is 4.22. The number of benzene rings is 2. The van der Waals surface area contributed by atoms with Gasteiger partial charge in [-0.15, -0.1) is 0 Å². The number of hydrogen-bond donors (Lipinski definition) is 0. The molecule has 4 aromatic rings. The van der Waals surface area contributed by atoms with Crippen LogP contribution in [0.25, 0.3) is 5.69 Å². The van der Waals surface area contributed by atoms with Gasteiger partial charge in [-0.05, 0) is 55.5 Å². The lowest BCUT2D eigenvalue weighted by Crippen LogP contribution is -2.15. The molecule has 0 aliphatic carbocycles. The highest BCUT2D eigenvalue weighted by atomic mass is 19.1. The van der Waals surface area contributed by atoms with Crippen LogP contribution < -0.4 is 0 Å². The number of halogens is 2. The summed E-state index contributed by atoms with van der Waals surface area (Å²) in [6, 6.07) is 16.8. The minimum atomic E-state index is -0.886. The van der Waals surface area contributed by atoms with Crippen LogP contribution in [-0.2, 0) is 4.74 Å². The van der Waals surface area contributed by atoms with E-state index < -0.39 is 17.9 Å². The van der Waals surface area contributed by atoms with Crippen LogP contribution in [0, 0.1) is 18.6 Å². The number of carbonyl (C=O) groups is 1. The second-order valence-corrected chi connectivity index (χ2v) is 6.63. The Bertz CT molecular complexity index is 1170. The summed E-state index contributed by atoms with van der Waals surface area (Å²) in [6.45, 7) is 1.71. The van der Waals surface area contributed by atoms with E-state index in [1.54, 1.807) is 55.6 Å². The molecule has 0 amide bonds. The first-order chi connectivity index (χ1) is 14.5. The highest BCUT2D eigenvalue weighted by Crippen LogP contribution is 2.27. The quantitative estimate of drug-likeness (QED) is 0.448. The number of ether oxygens (including phenoxy) is 1. The fourth-order valence-corrected chi connectivity index (χ4v) is 3.12. The number of hydrogen-bond acceptors (Lipinski definition) is 4. The molecule has 2 aromatic heterocycles. The Morgan fingerprint density at radius 1 is 1.00 bits per heavy atom. The van der Waals surface area contributed by atoms with Crippen LogP contribution in [-0.4, -0.2) is 20.7 Å². The summed E-state index contributed by atoms with van der Waals surface area (Å²) in [6.07, 6.45) is 2.08. The van der Waals surface area contributed by atoms with Crippen molar-refractivity contribution in [3.05, 3.63) is 113 Å². The lowest BCUT2D eigenvalue weighted by atomic mass is 10.1. The predicted octanol–water partition coefficient (Wildman–Crippen LogP) is 4.80. The van der Waals surface area contributed by atoms with Crippen LogP contribution in [0.4, 0.5) is 8.78 Å². The molecule has 150 valence electrons. The smallest absolute Gasteiger partial charge is 0.342 e. The largest absolute Gasteiger partial charge is 0.447 e. The van der Waals surface area contributed by atoms with Crippen molar-refractivity contribution in [2.45, 2.75) is 13.0 Å². The van der Waals surface area contributed by atoms with E-state index in [9.17, 15) is 13.6 Å². The molecule has 4 rings (SSSR count). The third-order valence-electron chi connectivity index (χ3n) is 4.63. The Morgan fingerprint density at radius 2 is 1.80 bits per heavy atom.